The molecule has 0 aliphatic carbocycles. The molecule has 2 aromatic carbocycles. The van der Waals surface area contributed by atoms with E-state index in [1.807, 2.05) is 12.1 Å². The van der Waals surface area contributed by atoms with Gasteiger partial charge in [0.25, 0.3) is 0 Å². The minimum atomic E-state index is 0.641. The van der Waals surface area contributed by atoms with Crippen molar-refractivity contribution in [2.24, 2.45) is 0 Å². The fourth-order valence-corrected chi connectivity index (χ4v) is 3.88. The van der Waals surface area contributed by atoms with E-state index in [9.17, 15) is 0 Å². The molecule has 2 heterocycles. The van der Waals surface area contributed by atoms with Crippen molar-refractivity contribution in [1.29, 1.82) is 0 Å². The van der Waals surface area contributed by atoms with Gasteiger partial charge in [0.2, 0.25) is 0 Å². The van der Waals surface area contributed by atoms with Gasteiger partial charge in [0.05, 0.1) is 25.5 Å². The third kappa shape index (κ3) is 2.65. The van der Waals surface area contributed by atoms with Crippen LogP contribution in [0.25, 0.3) is 22.4 Å². The zero-order valence-electron chi connectivity index (χ0n) is 14.5. The van der Waals surface area contributed by atoms with E-state index < -0.39 is 0 Å². The first-order valence-electron chi connectivity index (χ1n) is 8.27. The number of fused-ring (bicyclic) bond motifs is 5. The van der Waals surface area contributed by atoms with E-state index in [2.05, 4.69) is 34.9 Å². The maximum Gasteiger partial charge on any atom is 0.179 e. The van der Waals surface area contributed by atoms with Gasteiger partial charge in [-0.15, -0.1) is 0 Å². The molecule has 0 N–H and O–H groups in total. The molecule has 1 aliphatic rings. The quantitative estimate of drug-likeness (QED) is 0.482. The lowest BCUT2D eigenvalue weighted by atomic mass is 9.99. The Kier molecular flexibility index (Phi) is 4.09. The molecule has 0 saturated carbocycles. The van der Waals surface area contributed by atoms with Gasteiger partial charge in [-0.1, -0.05) is 25.5 Å². The minimum Gasteiger partial charge on any atom is -0.497 e. The molecular weight excluding hydrogens is 334 g/mol. The average molecular weight is 353 g/mol. The second-order valence-corrected chi connectivity index (χ2v) is 6.59. The molecule has 4 rings (SSSR count). The molecule has 0 saturated heterocycles. The molecule has 128 valence electrons. The fraction of sp³-hybridized carbons (Fsp3) is 0.250. The second kappa shape index (κ2) is 6.41. The molecule has 1 aromatic heterocycles. The molecule has 0 unspecified atom stereocenters. The average Bonchev–Trinajstić information content (AvgIpc) is 3.07. The van der Waals surface area contributed by atoms with Crippen molar-refractivity contribution in [2.75, 3.05) is 14.2 Å². The highest BCUT2D eigenvalue weighted by molar-refractivity contribution is 7.04. The first kappa shape index (κ1) is 16.0. The van der Waals surface area contributed by atoms with E-state index in [1.165, 1.54) is 17.1 Å². The Morgan fingerprint density at radius 3 is 2.68 bits per heavy atom. The summed E-state index contributed by atoms with van der Waals surface area (Å²) in [7, 11) is 3.28. The van der Waals surface area contributed by atoms with Crippen LogP contribution in [0, 0.1) is 0 Å². The van der Waals surface area contributed by atoms with Gasteiger partial charge < -0.3 is 14.2 Å². The number of aryl methyl sites for hydroxylation is 1. The fourth-order valence-electron chi connectivity index (χ4n) is 3.18. The van der Waals surface area contributed by atoms with Crippen LogP contribution in [0.3, 0.4) is 0 Å². The van der Waals surface area contributed by atoms with Gasteiger partial charge in [0.1, 0.15) is 11.5 Å². The number of hydrogen-bond donors (Lipinski definition) is 0. The lowest BCUT2D eigenvalue weighted by Gasteiger charge is -2.15. The summed E-state index contributed by atoms with van der Waals surface area (Å²) in [6, 6.07) is 10.2. The number of rotatable bonds is 4. The topological polar surface area (TPSA) is 40.6 Å². The summed E-state index contributed by atoms with van der Waals surface area (Å²) >= 11 is 1.45. The maximum absolute atomic E-state index is 6.34. The van der Waals surface area contributed by atoms with Gasteiger partial charge in [-0.2, -0.15) is 4.37 Å². The Morgan fingerprint density at radius 2 is 1.92 bits per heavy atom. The van der Waals surface area contributed by atoms with Crippen molar-refractivity contribution in [3.63, 3.8) is 0 Å². The van der Waals surface area contributed by atoms with Crippen molar-refractivity contribution in [2.45, 2.75) is 19.8 Å². The van der Waals surface area contributed by atoms with E-state index in [0.29, 0.717) is 11.5 Å². The zero-order chi connectivity index (χ0) is 17.4. The van der Waals surface area contributed by atoms with Gasteiger partial charge in [-0.25, -0.2) is 0 Å². The molecule has 3 aromatic rings. The Labute approximate surface area is 151 Å². The van der Waals surface area contributed by atoms with Crippen LogP contribution >= 0.6 is 11.5 Å². The van der Waals surface area contributed by atoms with Crippen LogP contribution in [-0.4, -0.2) is 18.6 Å². The van der Waals surface area contributed by atoms with Crippen molar-refractivity contribution < 1.29 is 14.2 Å². The predicted octanol–water partition coefficient (Wildman–Crippen LogP) is 5.55. The Bertz CT molecular complexity index is 933. The second-order valence-electron chi connectivity index (χ2n) is 5.97. The van der Waals surface area contributed by atoms with Gasteiger partial charge in [0.15, 0.2) is 11.5 Å². The molecular formula is C20H19NO3S. The summed E-state index contributed by atoms with van der Waals surface area (Å²) in [5.41, 5.74) is 5.19. The molecule has 0 atom stereocenters. The Balaban J connectivity index is 1.98. The van der Waals surface area contributed by atoms with Gasteiger partial charge in [-0.3, -0.25) is 0 Å². The lowest BCUT2D eigenvalue weighted by Crippen LogP contribution is -1.95. The minimum absolute atomic E-state index is 0.641. The van der Waals surface area contributed by atoms with Gasteiger partial charge in [-0.05, 0) is 35.6 Å². The highest BCUT2D eigenvalue weighted by Gasteiger charge is 2.26. The summed E-state index contributed by atoms with van der Waals surface area (Å²) in [5, 5.41) is 2.07. The number of aromatic nitrogens is 1. The van der Waals surface area contributed by atoms with E-state index in [-0.39, 0.29) is 0 Å². The molecule has 5 heteroatoms. The highest BCUT2D eigenvalue weighted by atomic mass is 32.1. The van der Waals surface area contributed by atoms with E-state index in [0.717, 1.165) is 46.7 Å². The Hall–Kier alpha value is -2.53. The summed E-state index contributed by atoms with van der Waals surface area (Å²) in [6.45, 7) is 2.18. The van der Waals surface area contributed by atoms with Crippen LogP contribution in [0.2, 0.25) is 0 Å². The first-order valence-corrected chi connectivity index (χ1v) is 9.10. The number of methoxy groups -OCH3 is 2. The standard InChI is InChI=1S/C20H19NO3S/c1-4-5-12-6-7-14-16-11-25-21-19(16)15-9-13(22-2)10-18(23-3)20(15)24-17(14)8-12/h6-11H,4-5H2,1-3H3. The Morgan fingerprint density at radius 1 is 1.04 bits per heavy atom. The highest BCUT2D eigenvalue weighted by Crippen LogP contribution is 2.51. The van der Waals surface area contributed by atoms with Crippen LogP contribution < -0.4 is 14.2 Å². The number of ether oxygens (including phenoxy) is 3. The SMILES string of the molecule is CCCc1ccc2c(c1)Oc1c(OC)cc(OC)cc1-c1nscc1-2. The summed E-state index contributed by atoms with van der Waals surface area (Å²) in [6.07, 6.45) is 2.12. The molecule has 25 heavy (non-hydrogen) atoms. The number of benzene rings is 2. The monoisotopic (exact) mass is 353 g/mol. The molecule has 0 fully saturated rings. The van der Waals surface area contributed by atoms with E-state index >= 15 is 0 Å². The summed E-state index contributed by atoms with van der Waals surface area (Å²) in [5.74, 6) is 2.88. The van der Waals surface area contributed by atoms with Crippen molar-refractivity contribution in [3.8, 4) is 45.4 Å². The molecule has 1 aliphatic heterocycles. The predicted molar refractivity (Wildman–Crippen MR) is 100 cm³/mol. The lowest BCUT2D eigenvalue weighted by molar-refractivity contribution is 0.370. The van der Waals surface area contributed by atoms with Gasteiger partial charge in [0, 0.05) is 22.6 Å². The normalized spacial score (nSPS) is 11.6. The van der Waals surface area contributed by atoms with Crippen LogP contribution in [-0.2, 0) is 6.42 Å². The third-order valence-electron chi connectivity index (χ3n) is 4.40. The first-order chi connectivity index (χ1) is 12.2. The molecule has 4 nitrogen and oxygen atoms in total. The van der Waals surface area contributed by atoms with Crippen LogP contribution in [0.4, 0.5) is 0 Å². The molecule has 0 spiro atoms. The molecule has 0 radical (unpaired) electrons. The van der Waals surface area contributed by atoms with Crippen molar-refractivity contribution >= 4 is 11.5 Å². The number of nitrogens with zero attached hydrogens (tertiary/aromatic N) is 1. The van der Waals surface area contributed by atoms with Crippen molar-refractivity contribution in [1.82, 2.24) is 4.37 Å². The smallest absolute Gasteiger partial charge is 0.179 e. The van der Waals surface area contributed by atoms with E-state index in [4.69, 9.17) is 14.2 Å². The number of hydrogen-bond acceptors (Lipinski definition) is 5. The molecule has 0 amide bonds. The van der Waals surface area contributed by atoms with Gasteiger partial charge >= 0.3 is 0 Å². The largest absolute Gasteiger partial charge is 0.497 e. The third-order valence-corrected chi connectivity index (χ3v) is 5.02. The summed E-state index contributed by atoms with van der Waals surface area (Å²) in [4.78, 5) is 0. The van der Waals surface area contributed by atoms with E-state index in [1.54, 1.807) is 14.2 Å². The van der Waals surface area contributed by atoms with Crippen LogP contribution in [0.15, 0.2) is 35.7 Å². The van der Waals surface area contributed by atoms with Crippen molar-refractivity contribution in [3.05, 3.63) is 41.3 Å². The zero-order valence-corrected chi connectivity index (χ0v) is 15.3. The summed E-state index contributed by atoms with van der Waals surface area (Å²) < 4.78 is 21.9. The maximum atomic E-state index is 6.34. The molecule has 0 bridgehead atoms. The van der Waals surface area contributed by atoms with Crippen LogP contribution in [0.1, 0.15) is 18.9 Å². The van der Waals surface area contributed by atoms with Crippen LogP contribution in [0.5, 0.6) is 23.0 Å².